The Balaban J connectivity index is 1.83. The van der Waals surface area contributed by atoms with E-state index in [9.17, 15) is 23.1 Å². The quantitative estimate of drug-likeness (QED) is 0.852. The van der Waals surface area contributed by atoms with Gasteiger partial charge in [0.25, 0.3) is 0 Å². The van der Waals surface area contributed by atoms with E-state index in [1.165, 1.54) is 0 Å². The van der Waals surface area contributed by atoms with Crippen molar-refractivity contribution in [1.29, 1.82) is 0 Å². The number of rotatable bonds is 4. The second kappa shape index (κ2) is 6.02. The van der Waals surface area contributed by atoms with E-state index >= 15 is 0 Å². The zero-order chi connectivity index (χ0) is 15.5. The maximum Gasteiger partial charge on any atom is 0.435 e. The molecule has 21 heavy (non-hydrogen) atoms. The van der Waals surface area contributed by atoms with Gasteiger partial charge in [-0.2, -0.15) is 18.3 Å². The summed E-state index contributed by atoms with van der Waals surface area (Å²) in [6.07, 6.45) is -2.62. The summed E-state index contributed by atoms with van der Waals surface area (Å²) in [7, 11) is 0. The zero-order valence-corrected chi connectivity index (χ0v) is 11.2. The Morgan fingerprint density at radius 2 is 2.14 bits per heavy atom. The van der Waals surface area contributed by atoms with Gasteiger partial charge < -0.3 is 15.2 Å². The van der Waals surface area contributed by atoms with Gasteiger partial charge in [-0.3, -0.25) is 9.48 Å². The van der Waals surface area contributed by atoms with Crippen LogP contribution in [0.15, 0.2) is 12.3 Å². The number of alkyl halides is 3. The van der Waals surface area contributed by atoms with Gasteiger partial charge in [0.15, 0.2) is 5.69 Å². The average Bonchev–Trinajstić information content (AvgIpc) is 2.86. The fourth-order valence-electron chi connectivity index (χ4n) is 2.00. The Morgan fingerprint density at radius 1 is 1.48 bits per heavy atom. The molecular formula is C12H16F3N3O3. The first kappa shape index (κ1) is 15.8. The van der Waals surface area contributed by atoms with Gasteiger partial charge in [0.05, 0.1) is 5.60 Å². The maximum atomic E-state index is 12.4. The number of halogens is 3. The topological polar surface area (TPSA) is 76.4 Å². The molecule has 0 atom stereocenters. The molecule has 1 aromatic heterocycles. The molecular weight excluding hydrogens is 291 g/mol. The van der Waals surface area contributed by atoms with Crippen molar-refractivity contribution >= 4 is 5.91 Å². The normalized spacial score (nSPS) is 18.5. The number of ether oxygens (including phenoxy) is 1. The highest BCUT2D eigenvalue weighted by Crippen LogP contribution is 2.27. The number of nitrogens with one attached hydrogen (secondary N) is 1. The third-order valence-corrected chi connectivity index (χ3v) is 3.27. The van der Waals surface area contributed by atoms with Crippen LogP contribution < -0.4 is 5.32 Å². The van der Waals surface area contributed by atoms with Crippen molar-refractivity contribution in [3.63, 3.8) is 0 Å². The van der Waals surface area contributed by atoms with Crippen molar-refractivity contribution in [3.05, 3.63) is 18.0 Å². The molecule has 1 saturated heterocycles. The summed E-state index contributed by atoms with van der Waals surface area (Å²) in [6, 6.07) is 0.805. The molecule has 0 unspecified atom stereocenters. The van der Waals surface area contributed by atoms with Crippen molar-refractivity contribution in [3.8, 4) is 0 Å². The second-order valence-corrected chi connectivity index (χ2v) is 5.01. The molecule has 2 rings (SSSR count). The smallest absolute Gasteiger partial charge is 0.388 e. The molecule has 0 aromatic carbocycles. The van der Waals surface area contributed by atoms with Crippen LogP contribution in [0.4, 0.5) is 13.2 Å². The number of carbonyl (C=O) groups excluding carboxylic acids is 1. The van der Waals surface area contributed by atoms with Gasteiger partial charge in [0.2, 0.25) is 5.91 Å². The lowest BCUT2D eigenvalue weighted by Crippen LogP contribution is -2.47. The molecule has 0 aliphatic carbocycles. The van der Waals surface area contributed by atoms with Gasteiger partial charge in [-0.15, -0.1) is 0 Å². The minimum atomic E-state index is -4.53. The van der Waals surface area contributed by atoms with E-state index in [0.717, 1.165) is 16.9 Å². The van der Waals surface area contributed by atoms with Crippen LogP contribution in [0.2, 0.25) is 0 Å². The van der Waals surface area contributed by atoms with Gasteiger partial charge in [-0.25, -0.2) is 0 Å². The third kappa shape index (κ3) is 4.43. The highest BCUT2D eigenvalue weighted by molar-refractivity contribution is 5.75. The Morgan fingerprint density at radius 3 is 2.71 bits per heavy atom. The van der Waals surface area contributed by atoms with Crippen LogP contribution >= 0.6 is 0 Å². The summed E-state index contributed by atoms with van der Waals surface area (Å²) in [5, 5.41) is 15.9. The predicted molar refractivity (Wildman–Crippen MR) is 65.2 cm³/mol. The van der Waals surface area contributed by atoms with E-state index in [2.05, 4.69) is 10.4 Å². The molecule has 1 amide bonds. The summed E-state index contributed by atoms with van der Waals surface area (Å²) in [5.41, 5.74) is -2.06. The number of carbonyl (C=O) groups is 1. The predicted octanol–water partition coefficient (Wildman–Crippen LogP) is 0.560. The number of nitrogens with zero attached hydrogens (tertiary/aromatic N) is 2. The van der Waals surface area contributed by atoms with Crippen LogP contribution in [0.3, 0.4) is 0 Å². The van der Waals surface area contributed by atoms with Gasteiger partial charge in [-0.1, -0.05) is 0 Å². The molecule has 1 aliphatic rings. The Kier molecular flexibility index (Phi) is 4.52. The number of aliphatic hydroxyl groups is 1. The largest absolute Gasteiger partial charge is 0.435 e. The number of hydrogen-bond acceptors (Lipinski definition) is 4. The molecule has 2 heterocycles. The fraction of sp³-hybridized carbons (Fsp3) is 0.667. The first-order valence-corrected chi connectivity index (χ1v) is 6.46. The number of aromatic nitrogens is 2. The van der Waals surface area contributed by atoms with Crippen LogP contribution in [-0.4, -0.2) is 46.2 Å². The summed E-state index contributed by atoms with van der Waals surface area (Å²) in [6.45, 7) is 0.548. The molecule has 9 heteroatoms. The monoisotopic (exact) mass is 307 g/mol. The van der Waals surface area contributed by atoms with E-state index in [0.29, 0.717) is 26.1 Å². The molecule has 0 radical (unpaired) electrons. The molecule has 0 saturated carbocycles. The van der Waals surface area contributed by atoms with Crippen molar-refractivity contribution in [2.75, 3.05) is 19.8 Å². The minimum Gasteiger partial charge on any atom is -0.388 e. The first-order chi connectivity index (χ1) is 9.78. The van der Waals surface area contributed by atoms with Crippen LogP contribution in [0, 0.1) is 0 Å². The van der Waals surface area contributed by atoms with Gasteiger partial charge >= 0.3 is 6.18 Å². The maximum absolute atomic E-state index is 12.4. The molecule has 6 nitrogen and oxygen atoms in total. The molecule has 1 aliphatic heterocycles. The lowest BCUT2D eigenvalue weighted by atomic mass is 9.94. The van der Waals surface area contributed by atoms with E-state index in [-0.39, 0.29) is 13.1 Å². The van der Waals surface area contributed by atoms with Gasteiger partial charge in [0.1, 0.15) is 6.54 Å². The Bertz CT molecular complexity index is 495. The number of amides is 1. The molecule has 2 N–H and O–H groups in total. The van der Waals surface area contributed by atoms with E-state index in [4.69, 9.17) is 4.74 Å². The summed E-state index contributed by atoms with van der Waals surface area (Å²) in [4.78, 5) is 11.7. The Hall–Kier alpha value is -1.61. The average molecular weight is 307 g/mol. The first-order valence-electron chi connectivity index (χ1n) is 6.46. The molecule has 1 aromatic rings. The summed E-state index contributed by atoms with van der Waals surface area (Å²) >= 11 is 0. The summed E-state index contributed by atoms with van der Waals surface area (Å²) in [5.74, 6) is -0.508. The second-order valence-electron chi connectivity index (χ2n) is 5.01. The van der Waals surface area contributed by atoms with Crippen molar-refractivity contribution < 1.29 is 27.8 Å². The van der Waals surface area contributed by atoms with Crippen molar-refractivity contribution in [2.45, 2.75) is 31.2 Å². The van der Waals surface area contributed by atoms with Crippen LogP contribution in [-0.2, 0) is 22.3 Å². The SMILES string of the molecule is O=C(Cn1ccc(C(F)(F)F)n1)NCC1(O)CCOCC1. The Labute approximate surface area is 118 Å². The standard InChI is InChI=1S/C12H16F3N3O3/c13-12(14,15)9-1-4-18(17-9)7-10(19)16-8-11(20)2-5-21-6-3-11/h1,4,20H,2-3,5-8H2,(H,16,19). The number of hydrogen-bond donors (Lipinski definition) is 2. The minimum absolute atomic E-state index is 0.0442. The van der Waals surface area contributed by atoms with Gasteiger partial charge in [-0.05, 0) is 6.07 Å². The lowest BCUT2D eigenvalue weighted by molar-refractivity contribution is -0.141. The van der Waals surface area contributed by atoms with E-state index < -0.39 is 23.4 Å². The highest BCUT2D eigenvalue weighted by atomic mass is 19.4. The molecule has 118 valence electrons. The van der Waals surface area contributed by atoms with Crippen molar-refractivity contribution in [1.82, 2.24) is 15.1 Å². The molecule has 0 bridgehead atoms. The van der Waals surface area contributed by atoms with E-state index in [1.807, 2.05) is 0 Å². The molecule has 1 fully saturated rings. The molecule has 0 spiro atoms. The van der Waals surface area contributed by atoms with Crippen molar-refractivity contribution in [2.24, 2.45) is 0 Å². The van der Waals surface area contributed by atoms with Crippen LogP contribution in [0.25, 0.3) is 0 Å². The van der Waals surface area contributed by atoms with E-state index in [1.54, 1.807) is 0 Å². The third-order valence-electron chi connectivity index (χ3n) is 3.27. The van der Waals surface area contributed by atoms with Gasteiger partial charge in [0, 0.05) is 38.8 Å². The lowest BCUT2D eigenvalue weighted by Gasteiger charge is -2.32. The van der Waals surface area contributed by atoms with Crippen LogP contribution in [0.5, 0.6) is 0 Å². The zero-order valence-electron chi connectivity index (χ0n) is 11.2. The fourth-order valence-corrected chi connectivity index (χ4v) is 2.00. The van der Waals surface area contributed by atoms with Crippen LogP contribution in [0.1, 0.15) is 18.5 Å². The highest BCUT2D eigenvalue weighted by Gasteiger charge is 2.34. The summed E-state index contributed by atoms with van der Waals surface area (Å²) < 4.78 is 43.1.